The molecule has 1 heterocycles. The third-order valence-electron chi connectivity index (χ3n) is 5.80. The van der Waals surface area contributed by atoms with Gasteiger partial charge in [-0.3, -0.25) is 4.79 Å². The molecule has 1 aliphatic carbocycles. The number of rotatable bonds is 9. The van der Waals surface area contributed by atoms with Crippen LogP contribution in [0.4, 0.5) is 0 Å². The first-order chi connectivity index (χ1) is 14.6. The normalized spacial score (nSPS) is 14.5. The van der Waals surface area contributed by atoms with Crippen molar-refractivity contribution in [1.82, 2.24) is 9.88 Å². The summed E-state index contributed by atoms with van der Waals surface area (Å²) in [7, 11) is 1.35. The van der Waals surface area contributed by atoms with Crippen molar-refractivity contribution in [3.63, 3.8) is 0 Å². The SMILES string of the molecule is CCCCCc1ccc(C(=O)N(Cc2nc(C(=O)OC)cs2)C2CCCCC2)cc1. The van der Waals surface area contributed by atoms with E-state index in [4.69, 9.17) is 4.74 Å². The van der Waals surface area contributed by atoms with Crippen molar-refractivity contribution < 1.29 is 14.3 Å². The van der Waals surface area contributed by atoms with Crippen molar-refractivity contribution >= 4 is 23.2 Å². The zero-order valence-electron chi connectivity index (χ0n) is 18.1. The lowest BCUT2D eigenvalue weighted by Gasteiger charge is -2.34. The second-order valence-corrected chi connectivity index (χ2v) is 8.94. The van der Waals surface area contributed by atoms with Crippen LogP contribution in [0.1, 0.15) is 89.7 Å². The Morgan fingerprint density at radius 3 is 2.53 bits per heavy atom. The first-order valence-corrected chi connectivity index (χ1v) is 11.9. The summed E-state index contributed by atoms with van der Waals surface area (Å²) in [5.41, 5.74) is 2.32. The number of thiazole rings is 1. The molecule has 6 heteroatoms. The maximum atomic E-state index is 13.4. The number of carbonyl (C=O) groups excluding carboxylic acids is 2. The van der Waals surface area contributed by atoms with Crippen molar-refractivity contribution in [2.24, 2.45) is 0 Å². The first-order valence-electron chi connectivity index (χ1n) is 11.0. The van der Waals surface area contributed by atoms with E-state index in [1.807, 2.05) is 17.0 Å². The lowest BCUT2D eigenvalue weighted by atomic mass is 9.93. The molecule has 1 aliphatic rings. The van der Waals surface area contributed by atoms with Gasteiger partial charge in [0.25, 0.3) is 5.91 Å². The number of unbranched alkanes of at least 4 members (excludes halogenated alkanes) is 2. The predicted molar refractivity (Wildman–Crippen MR) is 120 cm³/mol. The van der Waals surface area contributed by atoms with E-state index in [9.17, 15) is 9.59 Å². The van der Waals surface area contributed by atoms with Gasteiger partial charge >= 0.3 is 5.97 Å². The molecule has 0 spiro atoms. The minimum absolute atomic E-state index is 0.0526. The summed E-state index contributed by atoms with van der Waals surface area (Å²) >= 11 is 1.41. The van der Waals surface area contributed by atoms with E-state index >= 15 is 0 Å². The number of carbonyl (C=O) groups is 2. The average Bonchev–Trinajstić information content (AvgIpc) is 3.26. The standard InChI is InChI=1S/C24H32N2O3S/c1-3-4-6-9-18-12-14-19(15-13-18)23(27)26(20-10-7-5-8-11-20)16-22-25-21(17-30-22)24(28)29-2/h12-15,17,20H,3-11,16H2,1-2H3. The van der Waals surface area contributed by atoms with Gasteiger partial charge in [-0.05, 0) is 43.4 Å². The van der Waals surface area contributed by atoms with Gasteiger partial charge < -0.3 is 9.64 Å². The molecule has 0 N–H and O–H groups in total. The Kier molecular flexibility index (Phi) is 8.43. The molecule has 1 aromatic carbocycles. The van der Waals surface area contributed by atoms with Gasteiger partial charge in [-0.2, -0.15) is 0 Å². The molecule has 1 aromatic heterocycles. The van der Waals surface area contributed by atoms with Crippen molar-refractivity contribution in [1.29, 1.82) is 0 Å². The number of aromatic nitrogens is 1. The van der Waals surface area contributed by atoms with Crippen molar-refractivity contribution in [3.05, 3.63) is 51.5 Å². The van der Waals surface area contributed by atoms with Crippen LogP contribution in [0.5, 0.6) is 0 Å². The van der Waals surface area contributed by atoms with Crippen LogP contribution in [-0.2, 0) is 17.7 Å². The molecule has 0 radical (unpaired) electrons. The third kappa shape index (κ3) is 5.91. The molecule has 3 rings (SSSR count). The van der Waals surface area contributed by atoms with E-state index in [0.717, 1.165) is 42.7 Å². The number of hydrogen-bond donors (Lipinski definition) is 0. The van der Waals surface area contributed by atoms with Gasteiger partial charge in [-0.25, -0.2) is 9.78 Å². The highest BCUT2D eigenvalue weighted by Crippen LogP contribution is 2.27. The fourth-order valence-corrected chi connectivity index (χ4v) is 4.81. The lowest BCUT2D eigenvalue weighted by molar-refractivity contribution is 0.0594. The summed E-state index contributed by atoms with van der Waals surface area (Å²) < 4.78 is 4.76. The molecular weight excluding hydrogens is 396 g/mol. The van der Waals surface area contributed by atoms with Crippen LogP contribution in [0, 0.1) is 0 Å². The zero-order valence-corrected chi connectivity index (χ0v) is 18.9. The van der Waals surface area contributed by atoms with Crippen LogP contribution < -0.4 is 0 Å². The summed E-state index contributed by atoms with van der Waals surface area (Å²) in [6.45, 7) is 2.64. The van der Waals surface area contributed by atoms with Crippen LogP contribution in [0.25, 0.3) is 0 Å². The highest BCUT2D eigenvalue weighted by Gasteiger charge is 2.27. The molecule has 162 valence electrons. The van der Waals surface area contributed by atoms with E-state index in [1.54, 1.807) is 5.38 Å². The quantitative estimate of drug-likeness (QED) is 0.383. The largest absolute Gasteiger partial charge is 0.464 e. The van der Waals surface area contributed by atoms with Crippen LogP contribution in [0.3, 0.4) is 0 Å². The molecule has 0 saturated heterocycles. The maximum Gasteiger partial charge on any atom is 0.357 e. The highest BCUT2D eigenvalue weighted by atomic mass is 32.1. The number of esters is 1. The molecule has 0 atom stereocenters. The Hall–Kier alpha value is -2.21. The van der Waals surface area contributed by atoms with Gasteiger partial charge in [0.15, 0.2) is 5.69 Å². The number of amides is 1. The van der Waals surface area contributed by atoms with Gasteiger partial charge in [0.1, 0.15) is 5.01 Å². The minimum Gasteiger partial charge on any atom is -0.464 e. The lowest BCUT2D eigenvalue weighted by Crippen LogP contribution is -2.41. The Morgan fingerprint density at radius 1 is 1.13 bits per heavy atom. The number of methoxy groups -OCH3 is 1. The van der Waals surface area contributed by atoms with E-state index in [1.165, 1.54) is 49.7 Å². The maximum absolute atomic E-state index is 13.4. The molecule has 2 aromatic rings. The molecule has 0 aliphatic heterocycles. The fraction of sp³-hybridized carbons (Fsp3) is 0.542. The smallest absolute Gasteiger partial charge is 0.357 e. The Balaban J connectivity index is 1.75. The van der Waals surface area contributed by atoms with Gasteiger partial charge in [-0.15, -0.1) is 11.3 Å². The van der Waals surface area contributed by atoms with E-state index < -0.39 is 5.97 Å². The molecule has 0 bridgehead atoms. The Labute approximate surface area is 183 Å². The summed E-state index contributed by atoms with van der Waals surface area (Å²) in [4.78, 5) is 31.5. The average molecular weight is 429 g/mol. The summed E-state index contributed by atoms with van der Waals surface area (Å²) in [5.74, 6) is -0.386. The molecular formula is C24H32N2O3S. The van der Waals surface area contributed by atoms with Crippen molar-refractivity contribution in [2.45, 2.75) is 77.3 Å². The van der Waals surface area contributed by atoms with Gasteiger partial charge in [-0.1, -0.05) is 51.2 Å². The zero-order chi connectivity index (χ0) is 21.3. The third-order valence-corrected chi connectivity index (χ3v) is 6.63. The van der Waals surface area contributed by atoms with Crippen molar-refractivity contribution in [2.75, 3.05) is 7.11 Å². The van der Waals surface area contributed by atoms with E-state index in [0.29, 0.717) is 12.2 Å². The second-order valence-electron chi connectivity index (χ2n) is 8.00. The van der Waals surface area contributed by atoms with Crippen LogP contribution in [-0.4, -0.2) is 34.9 Å². The molecule has 1 amide bonds. The van der Waals surface area contributed by atoms with Crippen LogP contribution in [0.15, 0.2) is 29.6 Å². The molecule has 1 fully saturated rings. The Bertz CT molecular complexity index is 825. The molecule has 0 unspecified atom stereocenters. The van der Waals surface area contributed by atoms with Gasteiger partial charge in [0.2, 0.25) is 0 Å². The van der Waals surface area contributed by atoms with E-state index in [2.05, 4.69) is 24.0 Å². The molecule has 30 heavy (non-hydrogen) atoms. The summed E-state index contributed by atoms with van der Waals surface area (Å²) in [6, 6.07) is 8.31. The number of benzene rings is 1. The number of hydrogen-bond acceptors (Lipinski definition) is 5. The summed E-state index contributed by atoms with van der Waals surface area (Å²) in [5, 5.41) is 2.47. The Morgan fingerprint density at radius 2 is 1.87 bits per heavy atom. The number of ether oxygens (including phenoxy) is 1. The number of nitrogens with zero attached hydrogens (tertiary/aromatic N) is 2. The molecule has 5 nitrogen and oxygen atoms in total. The van der Waals surface area contributed by atoms with E-state index in [-0.39, 0.29) is 11.9 Å². The molecule has 1 saturated carbocycles. The van der Waals surface area contributed by atoms with Gasteiger partial charge in [0, 0.05) is 17.0 Å². The van der Waals surface area contributed by atoms with Crippen molar-refractivity contribution in [3.8, 4) is 0 Å². The predicted octanol–water partition coefficient (Wildman–Crippen LogP) is 5.64. The van der Waals surface area contributed by atoms with Gasteiger partial charge in [0.05, 0.1) is 13.7 Å². The minimum atomic E-state index is -0.438. The fourth-order valence-electron chi connectivity index (χ4n) is 4.05. The monoisotopic (exact) mass is 428 g/mol. The van der Waals surface area contributed by atoms with Crippen LogP contribution >= 0.6 is 11.3 Å². The second kappa shape index (κ2) is 11.3. The highest BCUT2D eigenvalue weighted by molar-refractivity contribution is 7.09. The first kappa shape index (κ1) is 22.5. The topological polar surface area (TPSA) is 59.5 Å². The van der Waals surface area contributed by atoms with Crippen LogP contribution in [0.2, 0.25) is 0 Å². The summed E-state index contributed by atoms with van der Waals surface area (Å²) in [6.07, 6.45) is 10.3. The number of aryl methyl sites for hydroxylation is 1.